The Balaban J connectivity index is 1.86. The fraction of sp³-hybridized carbons (Fsp3) is 0.316. The maximum absolute atomic E-state index is 4.68. The number of hydrogen-bond acceptors (Lipinski definition) is 6. The van der Waals surface area contributed by atoms with Crippen LogP contribution < -0.4 is 5.32 Å². The molecule has 130 valence electrons. The van der Waals surface area contributed by atoms with Crippen LogP contribution in [0.2, 0.25) is 0 Å². The summed E-state index contributed by atoms with van der Waals surface area (Å²) >= 11 is 1.69. The minimum atomic E-state index is 0.588. The van der Waals surface area contributed by atoms with Crippen molar-refractivity contribution in [2.75, 3.05) is 19.4 Å². The third kappa shape index (κ3) is 4.41. The Kier molecular flexibility index (Phi) is 5.11. The molecule has 0 radical (unpaired) electrons. The van der Waals surface area contributed by atoms with Crippen LogP contribution in [0.3, 0.4) is 0 Å². The van der Waals surface area contributed by atoms with Crippen LogP contribution in [0.15, 0.2) is 30.5 Å². The highest BCUT2D eigenvalue weighted by molar-refractivity contribution is 7.15. The molecule has 0 aliphatic carbocycles. The van der Waals surface area contributed by atoms with E-state index in [0.29, 0.717) is 5.95 Å². The van der Waals surface area contributed by atoms with Gasteiger partial charge in [-0.05, 0) is 64.2 Å². The van der Waals surface area contributed by atoms with Gasteiger partial charge in [0.25, 0.3) is 0 Å². The fourth-order valence-electron chi connectivity index (χ4n) is 2.69. The van der Waals surface area contributed by atoms with E-state index in [1.165, 1.54) is 16.0 Å². The average molecular weight is 353 g/mol. The molecule has 0 aliphatic heterocycles. The summed E-state index contributed by atoms with van der Waals surface area (Å²) in [6.45, 7) is 7.11. The van der Waals surface area contributed by atoms with Crippen molar-refractivity contribution < 1.29 is 0 Å². The highest BCUT2D eigenvalue weighted by Crippen LogP contribution is 2.28. The van der Waals surface area contributed by atoms with Crippen molar-refractivity contribution >= 4 is 23.0 Å². The van der Waals surface area contributed by atoms with Gasteiger partial charge in [-0.2, -0.15) is 0 Å². The Morgan fingerprint density at radius 1 is 1.04 bits per heavy atom. The number of anilines is 2. The Hall–Kier alpha value is -2.31. The minimum absolute atomic E-state index is 0.588. The van der Waals surface area contributed by atoms with E-state index < -0.39 is 0 Å². The summed E-state index contributed by atoms with van der Waals surface area (Å²) in [4.78, 5) is 17.1. The molecule has 3 aromatic rings. The summed E-state index contributed by atoms with van der Waals surface area (Å²) in [6.07, 6.45) is 1.77. The van der Waals surface area contributed by atoms with E-state index in [-0.39, 0.29) is 0 Å². The molecule has 2 heterocycles. The van der Waals surface area contributed by atoms with Crippen LogP contribution >= 0.6 is 11.3 Å². The number of nitrogens with one attached hydrogen (secondary N) is 1. The zero-order valence-electron chi connectivity index (χ0n) is 15.3. The van der Waals surface area contributed by atoms with Gasteiger partial charge in [-0.25, -0.2) is 15.0 Å². The van der Waals surface area contributed by atoms with Crippen molar-refractivity contribution in [1.29, 1.82) is 0 Å². The molecule has 0 saturated carbocycles. The first-order valence-electron chi connectivity index (χ1n) is 8.20. The maximum Gasteiger partial charge on any atom is 0.227 e. The Bertz CT molecular complexity index is 865. The van der Waals surface area contributed by atoms with Crippen LogP contribution in [0.25, 0.3) is 10.7 Å². The van der Waals surface area contributed by atoms with Crippen LogP contribution in [0.4, 0.5) is 11.6 Å². The molecule has 6 heteroatoms. The van der Waals surface area contributed by atoms with Crippen molar-refractivity contribution in [2.45, 2.75) is 27.3 Å². The van der Waals surface area contributed by atoms with Crippen LogP contribution in [-0.2, 0) is 6.54 Å². The van der Waals surface area contributed by atoms with Crippen LogP contribution in [0.1, 0.15) is 21.7 Å². The number of benzene rings is 1. The lowest BCUT2D eigenvalue weighted by Crippen LogP contribution is -2.10. The normalized spacial score (nSPS) is 11.1. The molecule has 0 amide bonds. The van der Waals surface area contributed by atoms with Crippen LogP contribution in [0.5, 0.6) is 0 Å². The van der Waals surface area contributed by atoms with Gasteiger partial charge < -0.3 is 10.2 Å². The fourth-order valence-corrected chi connectivity index (χ4v) is 3.84. The molecule has 3 rings (SSSR count). The molecule has 1 N–H and O–H groups in total. The van der Waals surface area contributed by atoms with E-state index in [1.54, 1.807) is 17.5 Å². The van der Waals surface area contributed by atoms with E-state index in [2.05, 4.69) is 78.2 Å². The number of aryl methyl sites for hydroxylation is 3. The molecular formula is C19H23N5S. The van der Waals surface area contributed by atoms with Gasteiger partial charge in [0.1, 0.15) is 10.7 Å². The van der Waals surface area contributed by atoms with Gasteiger partial charge >= 0.3 is 0 Å². The summed E-state index contributed by atoms with van der Waals surface area (Å²) < 4.78 is 0. The number of nitrogens with zero attached hydrogens (tertiary/aromatic N) is 4. The first-order chi connectivity index (χ1) is 11.9. The zero-order valence-corrected chi connectivity index (χ0v) is 16.1. The highest BCUT2D eigenvalue weighted by Gasteiger charge is 2.12. The largest absolute Gasteiger partial charge is 0.324 e. The summed E-state index contributed by atoms with van der Waals surface area (Å²) in [7, 11) is 4.13. The number of thiazole rings is 1. The summed E-state index contributed by atoms with van der Waals surface area (Å²) in [5, 5.41) is 4.23. The van der Waals surface area contributed by atoms with Gasteiger partial charge in [0.15, 0.2) is 0 Å². The van der Waals surface area contributed by atoms with Crippen molar-refractivity contribution in [1.82, 2.24) is 19.9 Å². The zero-order chi connectivity index (χ0) is 18.0. The molecular weight excluding hydrogens is 330 g/mol. The first kappa shape index (κ1) is 17.5. The van der Waals surface area contributed by atoms with Gasteiger partial charge in [0.2, 0.25) is 5.95 Å². The van der Waals surface area contributed by atoms with Crippen molar-refractivity contribution in [2.24, 2.45) is 0 Å². The molecule has 0 saturated heterocycles. The molecule has 0 unspecified atom stereocenters. The third-order valence-electron chi connectivity index (χ3n) is 3.71. The van der Waals surface area contributed by atoms with E-state index in [4.69, 9.17) is 0 Å². The SMILES string of the molecule is Cc1cc(C)cc(Nc2nccc(-c3nc(C)c(CN(C)C)s3)n2)c1. The van der Waals surface area contributed by atoms with E-state index in [1.807, 2.05) is 6.07 Å². The standard InChI is InChI=1S/C19H23N5S/c1-12-8-13(2)10-15(9-12)22-19-20-7-6-16(23-19)18-21-14(3)17(25-18)11-24(4)5/h6-10H,11H2,1-5H3,(H,20,22,23). The van der Waals surface area contributed by atoms with Crippen LogP contribution in [0, 0.1) is 20.8 Å². The lowest BCUT2D eigenvalue weighted by Gasteiger charge is -2.08. The van der Waals surface area contributed by atoms with E-state index >= 15 is 0 Å². The van der Waals surface area contributed by atoms with Crippen molar-refractivity contribution in [3.63, 3.8) is 0 Å². The molecule has 25 heavy (non-hydrogen) atoms. The molecule has 5 nitrogen and oxygen atoms in total. The molecule has 2 aromatic heterocycles. The first-order valence-corrected chi connectivity index (χ1v) is 9.02. The maximum atomic E-state index is 4.68. The smallest absolute Gasteiger partial charge is 0.227 e. The molecule has 0 spiro atoms. The van der Waals surface area contributed by atoms with Gasteiger partial charge in [0, 0.05) is 23.3 Å². The second-order valence-corrected chi connectivity index (χ2v) is 7.62. The minimum Gasteiger partial charge on any atom is -0.324 e. The summed E-state index contributed by atoms with van der Waals surface area (Å²) in [6, 6.07) is 8.23. The monoisotopic (exact) mass is 353 g/mol. The average Bonchev–Trinajstić information content (AvgIpc) is 2.87. The predicted molar refractivity (Wildman–Crippen MR) is 104 cm³/mol. The highest BCUT2D eigenvalue weighted by atomic mass is 32.1. The van der Waals surface area contributed by atoms with Gasteiger partial charge in [-0.1, -0.05) is 6.07 Å². The van der Waals surface area contributed by atoms with E-state index in [0.717, 1.165) is 28.6 Å². The molecule has 0 bridgehead atoms. The summed E-state index contributed by atoms with van der Waals surface area (Å²) in [5.74, 6) is 0.588. The lowest BCUT2D eigenvalue weighted by molar-refractivity contribution is 0.405. The van der Waals surface area contributed by atoms with Gasteiger partial charge in [-0.3, -0.25) is 0 Å². The second-order valence-electron chi connectivity index (χ2n) is 6.53. The van der Waals surface area contributed by atoms with Gasteiger partial charge in [-0.15, -0.1) is 11.3 Å². The molecule has 0 atom stereocenters. The van der Waals surface area contributed by atoms with Crippen molar-refractivity contribution in [3.05, 3.63) is 52.2 Å². The quantitative estimate of drug-likeness (QED) is 0.740. The molecule has 0 fully saturated rings. The van der Waals surface area contributed by atoms with Crippen molar-refractivity contribution in [3.8, 4) is 10.7 Å². The number of hydrogen-bond donors (Lipinski definition) is 1. The van der Waals surface area contributed by atoms with E-state index in [9.17, 15) is 0 Å². The van der Waals surface area contributed by atoms with Crippen LogP contribution in [-0.4, -0.2) is 33.9 Å². The lowest BCUT2D eigenvalue weighted by atomic mass is 10.1. The Labute approximate surface area is 152 Å². The predicted octanol–water partition coefficient (Wildman–Crippen LogP) is 4.33. The Morgan fingerprint density at radius 2 is 1.76 bits per heavy atom. The second kappa shape index (κ2) is 7.29. The Morgan fingerprint density at radius 3 is 2.44 bits per heavy atom. The van der Waals surface area contributed by atoms with Gasteiger partial charge in [0.05, 0.1) is 5.69 Å². The molecule has 0 aliphatic rings. The third-order valence-corrected chi connectivity index (χ3v) is 4.87. The summed E-state index contributed by atoms with van der Waals surface area (Å²) in [5.41, 5.74) is 5.33. The number of aromatic nitrogens is 3. The number of rotatable bonds is 5. The molecule has 1 aromatic carbocycles. The topological polar surface area (TPSA) is 53.9 Å².